The standard InChI is InChI=1S/C16H18F3N3O3/c1-9(2)7-20-14(23)8-22-11-6-13-12(24-3-4-25-13)5-10(11)21-15(22)16(17,18)19/h5-6,9H,3-4,7-8H2,1-2H3,(H,20,23). The summed E-state index contributed by atoms with van der Waals surface area (Å²) in [6.45, 7) is 4.35. The maximum absolute atomic E-state index is 13.4. The van der Waals surface area contributed by atoms with Gasteiger partial charge in [-0.1, -0.05) is 13.8 Å². The lowest BCUT2D eigenvalue weighted by atomic mass is 10.2. The largest absolute Gasteiger partial charge is 0.486 e. The molecule has 2 aromatic rings. The number of nitrogens with zero attached hydrogens (tertiary/aromatic N) is 2. The summed E-state index contributed by atoms with van der Waals surface area (Å²) in [7, 11) is 0. The summed E-state index contributed by atoms with van der Waals surface area (Å²) < 4.78 is 51.7. The molecule has 25 heavy (non-hydrogen) atoms. The van der Waals surface area contributed by atoms with E-state index in [1.807, 2.05) is 13.8 Å². The number of imidazole rings is 1. The van der Waals surface area contributed by atoms with Crippen LogP contribution in [0, 0.1) is 5.92 Å². The van der Waals surface area contributed by atoms with Crippen LogP contribution in [0.5, 0.6) is 11.5 Å². The highest BCUT2D eigenvalue weighted by Gasteiger charge is 2.38. The fraction of sp³-hybridized carbons (Fsp3) is 0.500. The minimum Gasteiger partial charge on any atom is -0.486 e. The zero-order valence-electron chi connectivity index (χ0n) is 13.8. The number of amides is 1. The molecule has 1 N–H and O–H groups in total. The molecular weight excluding hydrogens is 339 g/mol. The molecule has 0 saturated heterocycles. The monoisotopic (exact) mass is 357 g/mol. The summed E-state index contributed by atoms with van der Waals surface area (Å²) in [5.41, 5.74) is 0.282. The molecule has 0 saturated carbocycles. The predicted molar refractivity (Wildman–Crippen MR) is 83.6 cm³/mol. The summed E-state index contributed by atoms with van der Waals surface area (Å²) in [5.74, 6) is -0.737. The van der Waals surface area contributed by atoms with Crippen molar-refractivity contribution in [1.82, 2.24) is 14.9 Å². The topological polar surface area (TPSA) is 65.4 Å². The molecule has 0 radical (unpaired) electrons. The Morgan fingerprint density at radius 3 is 2.52 bits per heavy atom. The number of hydrogen-bond donors (Lipinski definition) is 1. The molecule has 1 aromatic heterocycles. The normalized spacial score (nSPS) is 14.2. The molecule has 0 fully saturated rings. The number of carbonyl (C=O) groups is 1. The van der Waals surface area contributed by atoms with E-state index in [4.69, 9.17) is 9.47 Å². The lowest BCUT2D eigenvalue weighted by Gasteiger charge is -2.18. The number of hydrogen-bond acceptors (Lipinski definition) is 4. The van der Waals surface area contributed by atoms with E-state index < -0.39 is 24.5 Å². The highest BCUT2D eigenvalue weighted by molar-refractivity contribution is 5.84. The molecule has 3 rings (SSSR count). The third-order valence-electron chi connectivity index (χ3n) is 3.67. The highest BCUT2D eigenvalue weighted by atomic mass is 19.4. The van der Waals surface area contributed by atoms with E-state index in [2.05, 4.69) is 10.3 Å². The van der Waals surface area contributed by atoms with Crippen LogP contribution in [0.25, 0.3) is 11.0 Å². The van der Waals surface area contributed by atoms with E-state index >= 15 is 0 Å². The van der Waals surface area contributed by atoms with E-state index in [-0.39, 0.29) is 17.0 Å². The van der Waals surface area contributed by atoms with E-state index in [1.54, 1.807) is 0 Å². The Bertz CT molecular complexity index is 799. The Morgan fingerprint density at radius 2 is 1.92 bits per heavy atom. The van der Waals surface area contributed by atoms with Gasteiger partial charge in [0.1, 0.15) is 19.8 Å². The molecule has 2 heterocycles. The molecule has 136 valence electrons. The van der Waals surface area contributed by atoms with Crippen molar-refractivity contribution in [3.8, 4) is 11.5 Å². The maximum atomic E-state index is 13.4. The zero-order valence-corrected chi connectivity index (χ0v) is 13.8. The summed E-state index contributed by atoms with van der Waals surface area (Å²) in [6, 6.07) is 2.84. The molecular formula is C16H18F3N3O3. The highest BCUT2D eigenvalue weighted by Crippen LogP contribution is 2.37. The fourth-order valence-electron chi connectivity index (χ4n) is 2.56. The quantitative estimate of drug-likeness (QED) is 0.914. The van der Waals surface area contributed by atoms with Crippen LogP contribution in [0.1, 0.15) is 19.7 Å². The van der Waals surface area contributed by atoms with Gasteiger partial charge in [-0.05, 0) is 5.92 Å². The van der Waals surface area contributed by atoms with Crippen molar-refractivity contribution in [3.05, 3.63) is 18.0 Å². The number of ether oxygens (including phenoxy) is 2. The Labute approximate surface area is 141 Å². The van der Waals surface area contributed by atoms with Gasteiger partial charge in [-0.2, -0.15) is 13.2 Å². The molecule has 1 aliphatic heterocycles. The first-order valence-electron chi connectivity index (χ1n) is 7.89. The van der Waals surface area contributed by atoms with Gasteiger partial charge in [0, 0.05) is 18.7 Å². The van der Waals surface area contributed by atoms with Crippen molar-refractivity contribution in [2.75, 3.05) is 19.8 Å². The smallest absolute Gasteiger partial charge is 0.449 e. The van der Waals surface area contributed by atoms with Crippen molar-refractivity contribution in [2.24, 2.45) is 5.92 Å². The fourth-order valence-corrected chi connectivity index (χ4v) is 2.56. The summed E-state index contributed by atoms with van der Waals surface area (Å²) >= 11 is 0. The van der Waals surface area contributed by atoms with Crippen LogP contribution in [0.4, 0.5) is 13.2 Å². The predicted octanol–water partition coefficient (Wildman–Crippen LogP) is 2.60. The molecule has 1 aromatic carbocycles. The van der Waals surface area contributed by atoms with Crippen LogP contribution < -0.4 is 14.8 Å². The lowest BCUT2D eigenvalue weighted by Crippen LogP contribution is -2.32. The molecule has 1 aliphatic rings. The first kappa shape index (κ1) is 17.4. The minimum absolute atomic E-state index is 0.105. The number of aromatic nitrogens is 2. The van der Waals surface area contributed by atoms with Gasteiger partial charge in [0.15, 0.2) is 11.5 Å². The molecule has 0 spiro atoms. The first-order valence-corrected chi connectivity index (χ1v) is 7.89. The van der Waals surface area contributed by atoms with Crippen LogP contribution in [-0.2, 0) is 17.5 Å². The number of halogens is 3. The molecule has 0 unspecified atom stereocenters. The lowest BCUT2D eigenvalue weighted by molar-refractivity contribution is -0.147. The number of carbonyl (C=O) groups excluding carboxylic acids is 1. The van der Waals surface area contributed by atoms with Crippen molar-refractivity contribution in [2.45, 2.75) is 26.6 Å². The van der Waals surface area contributed by atoms with E-state index in [9.17, 15) is 18.0 Å². The van der Waals surface area contributed by atoms with E-state index in [0.29, 0.717) is 31.3 Å². The molecule has 0 bridgehead atoms. The van der Waals surface area contributed by atoms with Gasteiger partial charge in [-0.25, -0.2) is 4.98 Å². The minimum atomic E-state index is -4.68. The Kier molecular flexibility index (Phi) is 4.49. The number of rotatable bonds is 4. The van der Waals surface area contributed by atoms with Crippen molar-refractivity contribution >= 4 is 16.9 Å². The van der Waals surface area contributed by atoms with Gasteiger partial charge >= 0.3 is 6.18 Å². The van der Waals surface area contributed by atoms with Crippen molar-refractivity contribution in [1.29, 1.82) is 0 Å². The number of benzene rings is 1. The second-order valence-corrected chi connectivity index (χ2v) is 6.20. The molecule has 6 nitrogen and oxygen atoms in total. The second kappa shape index (κ2) is 6.45. The molecule has 1 amide bonds. The first-order chi connectivity index (χ1) is 11.8. The van der Waals surface area contributed by atoms with E-state index in [1.165, 1.54) is 12.1 Å². The van der Waals surface area contributed by atoms with E-state index in [0.717, 1.165) is 4.57 Å². The van der Waals surface area contributed by atoms with Gasteiger partial charge in [-0.3, -0.25) is 4.79 Å². The average molecular weight is 357 g/mol. The van der Waals surface area contributed by atoms with Crippen LogP contribution in [0.2, 0.25) is 0 Å². The average Bonchev–Trinajstić information content (AvgIpc) is 2.88. The van der Waals surface area contributed by atoms with Crippen molar-refractivity contribution in [3.63, 3.8) is 0 Å². The SMILES string of the molecule is CC(C)CNC(=O)Cn1c(C(F)(F)F)nc2cc3c(cc21)OCCO3. The zero-order chi connectivity index (χ0) is 18.2. The summed E-state index contributed by atoms with van der Waals surface area (Å²) in [6.07, 6.45) is -4.68. The van der Waals surface area contributed by atoms with Crippen molar-refractivity contribution < 1.29 is 27.4 Å². The van der Waals surface area contributed by atoms with Gasteiger partial charge < -0.3 is 19.4 Å². The summed E-state index contributed by atoms with van der Waals surface area (Å²) in [5, 5.41) is 2.62. The molecule has 0 atom stereocenters. The third-order valence-corrected chi connectivity index (χ3v) is 3.67. The second-order valence-electron chi connectivity index (χ2n) is 6.20. The number of fused-ring (bicyclic) bond motifs is 2. The van der Waals surface area contributed by atoms with Gasteiger partial charge in [0.2, 0.25) is 11.7 Å². The van der Waals surface area contributed by atoms with Gasteiger partial charge in [-0.15, -0.1) is 0 Å². The number of alkyl halides is 3. The van der Waals surface area contributed by atoms with Crippen LogP contribution in [-0.4, -0.2) is 35.2 Å². The van der Waals surface area contributed by atoms with Crippen LogP contribution >= 0.6 is 0 Å². The summed E-state index contributed by atoms with van der Waals surface area (Å²) in [4.78, 5) is 15.7. The Balaban J connectivity index is 2.02. The molecule has 9 heteroatoms. The third kappa shape index (κ3) is 3.64. The van der Waals surface area contributed by atoms with Crippen LogP contribution in [0.15, 0.2) is 12.1 Å². The van der Waals surface area contributed by atoms with Gasteiger partial charge in [0.05, 0.1) is 11.0 Å². The maximum Gasteiger partial charge on any atom is 0.449 e. The van der Waals surface area contributed by atoms with Gasteiger partial charge in [0.25, 0.3) is 0 Å². The number of nitrogens with one attached hydrogen (secondary N) is 1. The Morgan fingerprint density at radius 1 is 1.28 bits per heavy atom. The molecule has 0 aliphatic carbocycles. The van der Waals surface area contributed by atoms with Crippen LogP contribution in [0.3, 0.4) is 0 Å². The Hall–Kier alpha value is -2.45.